The van der Waals surface area contributed by atoms with Gasteiger partial charge in [0.1, 0.15) is 0 Å². The fraction of sp³-hybridized carbons (Fsp3) is 0.333. The number of benzene rings is 1. The molecule has 31 heavy (non-hydrogen) atoms. The molecule has 2 amide bonds. The molecule has 0 unspecified atom stereocenters. The number of rotatable bonds is 7. The number of nitrogens with zero attached hydrogens (tertiary/aromatic N) is 4. The first-order chi connectivity index (χ1) is 15.1. The van der Waals surface area contributed by atoms with E-state index in [1.807, 2.05) is 29.9 Å². The molecule has 160 valence electrons. The van der Waals surface area contributed by atoms with Crippen LogP contribution in [0.1, 0.15) is 38.4 Å². The van der Waals surface area contributed by atoms with Gasteiger partial charge in [-0.2, -0.15) is 5.10 Å². The molecule has 1 aliphatic rings. The number of hydrogen-bond donors (Lipinski definition) is 1. The fourth-order valence-electron chi connectivity index (χ4n) is 3.94. The highest BCUT2D eigenvalue weighted by atomic mass is 16.2. The Hall–Kier alpha value is -3.48. The summed E-state index contributed by atoms with van der Waals surface area (Å²) >= 11 is 0. The molecule has 2 aromatic heterocycles. The van der Waals surface area contributed by atoms with Gasteiger partial charge in [-0.1, -0.05) is 30.3 Å². The molecular formula is C24H27N5O2. The second-order valence-electron chi connectivity index (χ2n) is 8.00. The van der Waals surface area contributed by atoms with E-state index in [1.54, 1.807) is 35.6 Å². The quantitative estimate of drug-likeness (QED) is 0.641. The van der Waals surface area contributed by atoms with Gasteiger partial charge in [0, 0.05) is 39.1 Å². The predicted octanol–water partition coefficient (Wildman–Crippen LogP) is 2.59. The smallest absolute Gasteiger partial charge is 0.257 e. The minimum Gasteiger partial charge on any atom is -0.352 e. The average Bonchev–Trinajstić information content (AvgIpc) is 3.25. The van der Waals surface area contributed by atoms with E-state index in [0.717, 1.165) is 31.5 Å². The Morgan fingerprint density at radius 3 is 2.77 bits per heavy atom. The highest BCUT2D eigenvalue weighted by Gasteiger charge is 2.27. The number of hydrogen-bond acceptors (Lipinski definition) is 4. The zero-order chi connectivity index (χ0) is 21.6. The summed E-state index contributed by atoms with van der Waals surface area (Å²) in [6.07, 6.45) is 7.35. The van der Waals surface area contributed by atoms with Crippen LogP contribution < -0.4 is 5.32 Å². The number of aryl methyl sites for hydroxylation is 1. The Labute approximate surface area is 182 Å². The number of nitrogens with one attached hydrogen (secondary N) is 1. The second kappa shape index (κ2) is 9.55. The van der Waals surface area contributed by atoms with Gasteiger partial charge in [0.05, 0.1) is 23.0 Å². The molecule has 3 heterocycles. The van der Waals surface area contributed by atoms with Gasteiger partial charge in [-0.15, -0.1) is 0 Å². The number of aromatic nitrogens is 3. The van der Waals surface area contributed by atoms with Crippen molar-refractivity contribution in [3.8, 4) is 0 Å². The van der Waals surface area contributed by atoms with Crippen LogP contribution in [0.25, 0.3) is 0 Å². The van der Waals surface area contributed by atoms with Crippen LogP contribution in [0, 0.1) is 5.92 Å². The van der Waals surface area contributed by atoms with E-state index in [-0.39, 0.29) is 17.7 Å². The molecule has 0 saturated heterocycles. The van der Waals surface area contributed by atoms with Crippen molar-refractivity contribution in [2.24, 2.45) is 5.92 Å². The lowest BCUT2D eigenvalue weighted by Crippen LogP contribution is -2.34. The lowest BCUT2D eigenvalue weighted by molar-refractivity contribution is 0.0793. The molecule has 4 rings (SSSR count). The molecule has 1 aliphatic heterocycles. The van der Waals surface area contributed by atoms with Gasteiger partial charge in [0.25, 0.3) is 11.8 Å². The van der Waals surface area contributed by atoms with Crippen LogP contribution >= 0.6 is 0 Å². The number of pyridine rings is 1. The maximum absolute atomic E-state index is 13.1. The maximum atomic E-state index is 13.1. The van der Waals surface area contributed by atoms with Crippen molar-refractivity contribution in [2.75, 3.05) is 20.1 Å². The first-order valence-electron chi connectivity index (χ1n) is 10.6. The van der Waals surface area contributed by atoms with E-state index in [1.165, 1.54) is 5.56 Å². The molecule has 7 nitrogen and oxygen atoms in total. The Morgan fingerprint density at radius 1 is 1.16 bits per heavy atom. The summed E-state index contributed by atoms with van der Waals surface area (Å²) < 4.78 is 1.93. The fourth-order valence-corrected chi connectivity index (χ4v) is 3.94. The van der Waals surface area contributed by atoms with Gasteiger partial charge < -0.3 is 10.2 Å². The van der Waals surface area contributed by atoms with Crippen molar-refractivity contribution in [3.05, 3.63) is 83.4 Å². The topological polar surface area (TPSA) is 80.1 Å². The average molecular weight is 418 g/mol. The van der Waals surface area contributed by atoms with Gasteiger partial charge >= 0.3 is 0 Å². The SMILES string of the molecule is CN(CCc1ccccc1)C(=O)c1cnn2c1C[C@H](CNC(=O)c1cccnc1)CC2. The molecule has 7 heteroatoms. The van der Waals surface area contributed by atoms with Gasteiger partial charge in [-0.05, 0) is 42.9 Å². The van der Waals surface area contributed by atoms with Crippen LogP contribution in [0.3, 0.4) is 0 Å². The van der Waals surface area contributed by atoms with Crippen LogP contribution in [0.5, 0.6) is 0 Å². The maximum Gasteiger partial charge on any atom is 0.257 e. The van der Waals surface area contributed by atoms with Crippen molar-refractivity contribution in [3.63, 3.8) is 0 Å². The summed E-state index contributed by atoms with van der Waals surface area (Å²) in [5.74, 6) is 0.146. The number of likely N-dealkylation sites (N-methyl/N-ethyl adjacent to an activating group) is 1. The standard InChI is InChI=1S/C24H27N5O2/c1-28(12-9-18-6-3-2-4-7-18)24(31)21-17-27-29-13-10-19(14-22(21)29)15-26-23(30)20-8-5-11-25-16-20/h2-8,11,16-17,19H,9-10,12-15H2,1H3,(H,26,30)/t19-/m1/s1. The van der Waals surface area contributed by atoms with Crippen LogP contribution in [-0.2, 0) is 19.4 Å². The molecule has 1 aromatic carbocycles. The molecule has 0 radical (unpaired) electrons. The largest absolute Gasteiger partial charge is 0.352 e. The summed E-state index contributed by atoms with van der Waals surface area (Å²) in [7, 11) is 1.84. The molecule has 0 bridgehead atoms. The molecule has 0 spiro atoms. The van der Waals surface area contributed by atoms with Gasteiger partial charge in [0.15, 0.2) is 0 Å². The first kappa shape index (κ1) is 20.8. The second-order valence-corrected chi connectivity index (χ2v) is 8.00. The summed E-state index contributed by atoms with van der Waals surface area (Å²) in [4.78, 5) is 31.1. The molecular weight excluding hydrogens is 390 g/mol. The number of carbonyl (C=O) groups excluding carboxylic acids is 2. The van der Waals surface area contributed by atoms with Crippen LogP contribution in [0.15, 0.2) is 61.1 Å². The third-order valence-corrected chi connectivity index (χ3v) is 5.81. The van der Waals surface area contributed by atoms with Crippen LogP contribution in [-0.4, -0.2) is 51.6 Å². The van der Waals surface area contributed by atoms with Gasteiger partial charge in [0.2, 0.25) is 0 Å². The Kier molecular flexibility index (Phi) is 6.40. The van der Waals surface area contributed by atoms with E-state index < -0.39 is 0 Å². The molecule has 3 aromatic rings. The highest BCUT2D eigenvalue weighted by molar-refractivity contribution is 5.95. The van der Waals surface area contributed by atoms with Crippen molar-refractivity contribution in [1.29, 1.82) is 0 Å². The zero-order valence-corrected chi connectivity index (χ0v) is 17.7. The van der Waals surface area contributed by atoms with Crippen LogP contribution in [0.4, 0.5) is 0 Å². The molecule has 1 atom stereocenters. The van der Waals surface area contributed by atoms with Crippen molar-refractivity contribution >= 4 is 11.8 Å². The van der Waals surface area contributed by atoms with Crippen molar-refractivity contribution < 1.29 is 9.59 Å². The lowest BCUT2D eigenvalue weighted by Gasteiger charge is -2.25. The lowest BCUT2D eigenvalue weighted by atomic mass is 9.94. The van der Waals surface area contributed by atoms with E-state index in [2.05, 4.69) is 27.5 Å². The summed E-state index contributed by atoms with van der Waals surface area (Å²) in [5, 5.41) is 7.43. The van der Waals surface area contributed by atoms with Crippen molar-refractivity contribution in [1.82, 2.24) is 25.0 Å². The van der Waals surface area contributed by atoms with E-state index >= 15 is 0 Å². The predicted molar refractivity (Wildman–Crippen MR) is 118 cm³/mol. The Balaban J connectivity index is 1.35. The van der Waals surface area contributed by atoms with E-state index in [4.69, 9.17) is 0 Å². The van der Waals surface area contributed by atoms with Crippen molar-refractivity contribution in [2.45, 2.75) is 25.8 Å². The summed E-state index contributed by atoms with van der Waals surface area (Å²) in [5.41, 5.74) is 3.39. The number of carbonyl (C=O) groups is 2. The normalized spacial score (nSPS) is 15.2. The van der Waals surface area contributed by atoms with Gasteiger partial charge in [-0.3, -0.25) is 19.3 Å². The van der Waals surface area contributed by atoms with E-state index in [9.17, 15) is 9.59 Å². The minimum atomic E-state index is -0.121. The Morgan fingerprint density at radius 2 is 2.00 bits per heavy atom. The zero-order valence-electron chi connectivity index (χ0n) is 17.7. The summed E-state index contributed by atoms with van der Waals surface area (Å²) in [6, 6.07) is 13.7. The van der Waals surface area contributed by atoms with Gasteiger partial charge in [-0.25, -0.2) is 0 Å². The first-order valence-corrected chi connectivity index (χ1v) is 10.6. The minimum absolute atomic E-state index is 0.00257. The molecule has 1 N–H and O–H groups in total. The number of amides is 2. The molecule has 0 saturated carbocycles. The highest BCUT2D eigenvalue weighted by Crippen LogP contribution is 2.23. The third-order valence-electron chi connectivity index (χ3n) is 5.81. The monoisotopic (exact) mass is 417 g/mol. The van der Waals surface area contributed by atoms with E-state index in [0.29, 0.717) is 24.2 Å². The third kappa shape index (κ3) is 4.99. The number of fused-ring (bicyclic) bond motifs is 1. The summed E-state index contributed by atoms with van der Waals surface area (Å²) in [6.45, 7) is 1.97. The van der Waals surface area contributed by atoms with Crippen LogP contribution in [0.2, 0.25) is 0 Å². The molecule has 0 aliphatic carbocycles. The molecule has 0 fully saturated rings. The Bertz CT molecular complexity index is 1030.